The van der Waals surface area contributed by atoms with Crippen LogP contribution in [0.25, 0.3) is 45.4 Å². The second kappa shape index (κ2) is 11.0. The third-order valence-electron chi connectivity index (χ3n) is 8.46. The first-order valence-electron chi connectivity index (χ1n) is 14.1. The maximum Gasteiger partial charge on any atom is 0.350 e. The first kappa shape index (κ1) is 31.0. The minimum atomic E-state index is -0.328. The normalized spacial score (nSPS) is 15.1. The summed E-state index contributed by atoms with van der Waals surface area (Å²) < 4.78 is 13.9. The van der Waals surface area contributed by atoms with Gasteiger partial charge in [-0.15, -0.1) is 45.3 Å². The van der Waals surface area contributed by atoms with Crippen LogP contribution in [0.2, 0.25) is 0 Å². The second-order valence-electron chi connectivity index (χ2n) is 11.8. The minimum absolute atomic E-state index is 0.187. The van der Waals surface area contributed by atoms with E-state index in [-0.39, 0.29) is 22.4 Å². The van der Waals surface area contributed by atoms with E-state index < -0.39 is 0 Å². The Bertz CT molecular complexity index is 2410. The molecular weight excluding hydrogens is 685 g/mol. The molecule has 2 aliphatic rings. The summed E-state index contributed by atoms with van der Waals surface area (Å²) in [6, 6.07) is 11.3. The van der Waals surface area contributed by atoms with Gasteiger partial charge in [0.25, 0.3) is 0 Å². The van der Waals surface area contributed by atoms with Gasteiger partial charge < -0.3 is 14.3 Å². The molecule has 0 saturated carbocycles. The van der Waals surface area contributed by atoms with Crippen LogP contribution in [0, 0.1) is 40.6 Å². The average molecular weight is 707 g/mol. The molecule has 47 heavy (non-hydrogen) atoms. The van der Waals surface area contributed by atoms with Crippen LogP contribution < -0.4 is 9.47 Å². The van der Waals surface area contributed by atoms with Crippen molar-refractivity contribution in [3.8, 4) is 49.2 Å². The van der Waals surface area contributed by atoms with Crippen molar-refractivity contribution in [1.29, 1.82) is 15.8 Å². The fourth-order valence-electron chi connectivity index (χ4n) is 6.44. The van der Waals surface area contributed by atoms with Gasteiger partial charge in [-0.05, 0) is 34.4 Å². The molecule has 0 fully saturated rings. The zero-order valence-electron chi connectivity index (χ0n) is 25.9. The molecular formula is C34H22N6O2S5. The van der Waals surface area contributed by atoms with Crippen molar-refractivity contribution < 1.29 is 9.47 Å². The van der Waals surface area contributed by atoms with E-state index in [1.165, 1.54) is 63.4 Å². The van der Waals surface area contributed by atoms with Gasteiger partial charge in [0.2, 0.25) is 10.7 Å². The Morgan fingerprint density at radius 1 is 0.745 bits per heavy atom. The van der Waals surface area contributed by atoms with Crippen LogP contribution in [0.1, 0.15) is 54.1 Å². The van der Waals surface area contributed by atoms with Gasteiger partial charge in [0.1, 0.15) is 34.7 Å². The maximum absolute atomic E-state index is 9.23. The predicted molar refractivity (Wildman–Crippen MR) is 194 cm³/mol. The molecule has 5 aromatic rings. The first-order chi connectivity index (χ1) is 22.5. The van der Waals surface area contributed by atoms with Gasteiger partial charge in [-0.1, -0.05) is 50.6 Å². The number of fused-ring (bicyclic) bond motifs is 7. The maximum atomic E-state index is 9.23. The molecule has 0 aliphatic heterocycles. The summed E-state index contributed by atoms with van der Waals surface area (Å²) >= 11 is 8.25. The van der Waals surface area contributed by atoms with Gasteiger partial charge in [0.05, 0.1) is 38.4 Å². The third kappa shape index (κ3) is 4.51. The molecule has 13 heteroatoms. The van der Waals surface area contributed by atoms with E-state index in [1.807, 2.05) is 40.9 Å². The molecule has 0 saturated heterocycles. The molecule has 0 amide bonds. The van der Waals surface area contributed by atoms with E-state index in [1.54, 1.807) is 37.7 Å². The molecule has 8 nitrogen and oxygen atoms in total. The van der Waals surface area contributed by atoms with E-state index in [0.717, 1.165) is 20.2 Å². The Kier molecular flexibility index (Phi) is 7.26. The first-order valence-corrected chi connectivity index (χ1v) is 18.2. The fourth-order valence-corrected chi connectivity index (χ4v) is 13.4. The number of nitriles is 3. The summed E-state index contributed by atoms with van der Waals surface area (Å²) in [5, 5.41) is 28.8. The molecule has 0 unspecified atom stereocenters. The van der Waals surface area contributed by atoms with Crippen LogP contribution in [0.3, 0.4) is 0 Å². The number of rotatable bonds is 6. The lowest BCUT2D eigenvalue weighted by Gasteiger charge is -2.30. The van der Waals surface area contributed by atoms with Crippen molar-refractivity contribution in [2.24, 2.45) is 9.98 Å². The average Bonchev–Trinajstić information content (AvgIpc) is 3.88. The van der Waals surface area contributed by atoms with Crippen LogP contribution in [0.4, 0.5) is 10.0 Å². The highest BCUT2D eigenvalue weighted by Crippen LogP contribution is 2.66. The molecule has 0 aromatic carbocycles. The van der Waals surface area contributed by atoms with Crippen molar-refractivity contribution in [3.05, 3.63) is 56.1 Å². The summed E-state index contributed by atoms with van der Waals surface area (Å²) in [6.45, 7) is 16.3. The number of thiophene rings is 5. The van der Waals surface area contributed by atoms with Crippen LogP contribution in [0.5, 0.6) is 11.5 Å². The van der Waals surface area contributed by atoms with E-state index in [2.05, 4.69) is 54.7 Å². The molecule has 0 N–H and O–H groups in total. The number of methoxy groups -OCH3 is 2. The standard InChI is InChI=1S/C34H22N6O2S5/c1-33(2)16(28-17(41-6)9-23(46-28)39-15(12-35)13-36)8-19-25(33)26-31(43-19)32-27(34(26,3)4)30-21(45-32)11-20(44-30)29-18(42-7)10-24(47-29)40-22(14-37)38-5/h8-11H,1-4,6-7H3. The van der Waals surface area contributed by atoms with E-state index in [4.69, 9.17) is 16.0 Å². The molecule has 0 radical (unpaired) electrons. The van der Waals surface area contributed by atoms with Crippen LogP contribution >= 0.6 is 56.7 Å². The number of aliphatic imine (C=N–C) groups is 2. The number of hydrogen-bond acceptors (Lipinski definition) is 12. The van der Waals surface area contributed by atoms with Gasteiger partial charge in [0, 0.05) is 37.4 Å². The smallest absolute Gasteiger partial charge is 0.350 e. The Balaban J connectivity index is 1.31. The zero-order chi connectivity index (χ0) is 33.4. The monoisotopic (exact) mass is 706 g/mol. The molecule has 0 bridgehead atoms. The highest BCUT2D eigenvalue weighted by molar-refractivity contribution is 7.34. The number of nitrogens with zero attached hydrogens (tertiary/aromatic N) is 6. The summed E-state index contributed by atoms with van der Waals surface area (Å²) in [7, 11) is 3.25. The molecule has 5 heterocycles. The number of allylic oxidation sites excluding steroid dienone is 1. The molecule has 7 rings (SSSR count). The van der Waals surface area contributed by atoms with Crippen molar-refractivity contribution in [3.63, 3.8) is 0 Å². The van der Waals surface area contributed by atoms with Gasteiger partial charge in [-0.2, -0.15) is 10.5 Å². The molecule has 0 atom stereocenters. The van der Waals surface area contributed by atoms with Crippen LogP contribution in [-0.2, 0) is 10.8 Å². The summed E-state index contributed by atoms with van der Waals surface area (Å²) in [6.07, 6.45) is 2.27. The van der Waals surface area contributed by atoms with E-state index in [9.17, 15) is 15.8 Å². The number of hydrogen-bond donors (Lipinski definition) is 0. The van der Waals surface area contributed by atoms with Crippen molar-refractivity contribution >= 4 is 99.3 Å². The summed E-state index contributed by atoms with van der Waals surface area (Å²) in [5.74, 6) is 1.15. The van der Waals surface area contributed by atoms with Crippen LogP contribution in [0.15, 0.2) is 28.2 Å². The SMILES string of the molecule is [C-]#[N+]C(C#N)=Nc1cc(OC)c(-c2cc3sc4c(c3s2)C(C)(C)c2c-4sc3c2C(C)(C)C(c2sc(N=C(C#N)C#N)cc2OC)=C3)s1. The molecule has 0 spiro atoms. The van der Waals surface area contributed by atoms with Crippen molar-refractivity contribution in [2.45, 2.75) is 38.5 Å². The molecule has 2 aliphatic carbocycles. The zero-order valence-corrected chi connectivity index (χ0v) is 29.9. The minimum Gasteiger partial charge on any atom is -0.495 e. The predicted octanol–water partition coefficient (Wildman–Crippen LogP) is 10.6. The summed E-state index contributed by atoms with van der Waals surface area (Å²) in [4.78, 5) is 18.5. The van der Waals surface area contributed by atoms with Crippen molar-refractivity contribution in [2.75, 3.05) is 14.2 Å². The third-order valence-corrected chi connectivity index (χ3v) is 14.4. The van der Waals surface area contributed by atoms with Gasteiger partial charge >= 0.3 is 5.84 Å². The Morgan fingerprint density at radius 3 is 2.02 bits per heavy atom. The van der Waals surface area contributed by atoms with E-state index in [0.29, 0.717) is 21.5 Å². The Hall–Kier alpha value is -4.60. The second-order valence-corrected chi connectivity index (χ2v) is 17.0. The quantitative estimate of drug-likeness (QED) is 0.0989. The lowest BCUT2D eigenvalue weighted by Crippen LogP contribution is -2.23. The lowest BCUT2D eigenvalue weighted by molar-refractivity contribution is 0.415. The van der Waals surface area contributed by atoms with Gasteiger partial charge in [-0.25, -0.2) is 10.3 Å². The Morgan fingerprint density at radius 2 is 1.38 bits per heavy atom. The van der Waals surface area contributed by atoms with Gasteiger partial charge in [0.15, 0.2) is 0 Å². The molecule has 230 valence electrons. The topological polar surface area (TPSA) is 119 Å². The van der Waals surface area contributed by atoms with E-state index >= 15 is 0 Å². The Labute approximate surface area is 290 Å². The highest BCUT2D eigenvalue weighted by Gasteiger charge is 2.49. The summed E-state index contributed by atoms with van der Waals surface area (Å²) in [5.41, 5.74) is 4.42. The number of amidine groups is 1. The number of ether oxygens (including phenoxy) is 2. The van der Waals surface area contributed by atoms with Crippen molar-refractivity contribution in [1.82, 2.24) is 0 Å². The molecule has 5 aromatic heterocycles. The fraction of sp³-hybridized carbons (Fsp3) is 0.235. The largest absolute Gasteiger partial charge is 0.495 e. The van der Waals surface area contributed by atoms with Gasteiger partial charge in [-0.3, -0.25) is 0 Å². The lowest BCUT2D eigenvalue weighted by atomic mass is 9.73. The highest BCUT2D eigenvalue weighted by atomic mass is 32.1. The van der Waals surface area contributed by atoms with Crippen LogP contribution in [-0.4, -0.2) is 25.8 Å².